The molecule has 0 atom stereocenters. The maximum atomic E-state index is 12.1. The molecule has 0 unspecified atom stereocenters. The zero-order valence-electron chi connectivity index (χ0n) is 16.6. The third-order valence-electron chi connectivity index (χ3n) is 4.43. The molecule has 0 bridgehead atoms. The summed E-state index contributed by atoms with van der Waals surface area (Å²) in [5, 5.41) is 1.17. The average Bonchev–Trinajstić information content (AvgIpc) is 2.93. The van der Waals surface area contributed by atoms with Gasteiger partial charge in [-0.05, 0) is 52.0 Å². The van der Waals surface area contributed by atoms with E-state index < -0.39 is 5.60 Å². The summed E-state index contributed by atoms with van der Waals surface area (Å²) in [5.41, 5.74) is 1.84. The first kappa shape index (κ1) is 21.4. The van der Waals surface area contributed by atoms with Crippen LogP contribution in [0.3, 0.4) is 0 Å². The lowest BCUT2D eigenvalue weighted by Crippen LogP contribution is -2.50. The van der Waals surface area contributed by atoms with Crippen LogP contribution < -0.4 is 4.74 Å². The summed E-state index contributed by atoms with van der Waals surface area (Å²) < 4.78 is 11.3. The molecule has 7 heteroatoms. The number of hydrogen-bond acceptors (Lipinski definition) is 4. The van der Waals surface area contributed by atoms with Gasteiger partial charge in [-0.2, -0.15) is 0 Å². The number of amides is 1. The Kier molecular flexibility index (Phi) is 7.00. The van der Waals surface area contributed by atoms with E-state index in [0.717, 1.165) is 36.6 Å². The van der Waals surface area contributed by atoms with Crippen LogP contribution in [0.2, 0.25) is 0 Å². The number of H-pyrrole nitrogens is 1. The lowest BCUT2D eigenvalue weighted by Gasteiger charge is -2.35. The molecule has 0 aliphatic carbocycles. The van der Waals surface area contributed by atoms with Crippen LogP contribution in [0, 0.1) is 6.92 Å². The number of halogens is 1. The number of piperazine rings is 1. The van der Waals surface area contributed by atoms with Crippen LogP contribution >= 0.6 is 12.4 Å². The van der Waals surface area contributed by atoms with E-state index in [2.05, 4.69) is 35.0 Å². The van der Waals surface area contributed by atoms with Crippen LogP contribution in [0.5, 0.6) is 5.75 Å². The average molecular weight is 396 g/mol. The number of nitrogens with one attached hydrogen (secondary N) is 1. The van der Waals surface area contributed by atoms with Gasteiger partial charge in [-0.3, -0.25) is 4.90 Å². The lowest BCUT2D eigenvalue weighted by molar-refractivity contribution is 0.0137. The van der Waals surface area contributed by atoms with Crippen LogP contribution in [0.1, 0.15) is 26.5 Å². The largest absolute Gasteiger partial charge is 0.492 e. The molecule has 150 valence electrons. The van der Waals surface area contributed by atoms with Crippen LogP contribution in [0.15, 0.2) is 24.3 Å². The molecule has 27 heavy (non-hydrogen) atoms. The van der Waals surface area contributed by atoms with Gasteiger partial charge < -0.3 is 19.4 Å². The lowest BCUT2D eigenvalue weighted by atomic mass is 10.2. The van der Waals surface area contributed by atoms with Gasteiger partial charge in [0.05, 0.1) is 0 Å². The number of aromatic nitrogens is 1. The highest BCUT2D eigenvalue weighted by atomic mass is 35.5. The summed E-state index contributed by atoms with van der Waals surface area (Å²) in [6.45, 7) is 12.3. The standard InChI is InChI=1S/C20H29N3O3.ClH/c1-15-13-16-14-17(5-6-18(16)21-15)25-12-11-22-7-9-23(10-8-22)19(24)26-20(2,3)4;/h5-6,13-14,21H,7-12H2,1-4H3;1H. The van der Waals surface area contributed by atoms with E-state index in [1.165, 1.54) is 5.39 Å². The monoisotopic (exact) mass is 395 g/mol. The van der Waals surface area contributed by atoms with Crippen molar-refractivity contribution in [1.29, 1.82) is 0 Å². The second-order valence-corrected chi connectivity index (χ2v) is 7.86. The van der Waals surface area contributed by atoms with Crippen molar-refractivity contribution in [2.24, 2.45) is 0 Å². The fourth-order valence-electron chi connectivity index (χ4n) is 3.12. The molecule has 6 nitrogen and oxygen atoms in total. The number of hydrogen-bond donors (Lipinski definition) is 1. The fraction of sp³-hybridized carbons (Fsp3) is 0.550. The first-order valence-electron chi connectivity index (χ1n) is 9.23. The second-order valence-electron chi connectivity index (χ2n) is 7.86. The summed E-state index contributed by atoms with van der Waals surface area (Å²) in [7, 11) is 0. The van der Waals surface area contributed by atoms with E-state index in [1.54, 1.807) is 4.90 Å². The van der Waals surface area contributed by atoms with Gasteiger partial charge in [0.1, 0.15) is 18.0 Å². The van der Waals surface area contributed by atoms with E-state index >= 15 is 0 Å². The zero-order chi connectivity index (χ0) is 18.7. The first-order valence-corrected chi connectivity index (χ1v) is 9.23. The highest BCUT2D eigenvalue weighted by Crippen LogP contribution is 2.21. The Hall–Kier alpha value is -1.92. The number of aryl methyl sites for hydroxylation is 1. The van der Waals surface area contributed by atoms with Crippen molar-refractivity contribution in [1.82, 2.24) is 14.8 Å². The molecule has 1 fully saturated rings. The van der Waals surface area contributed by atoms with Crippen molar-refractivity contribution in [3.05, 3.63) is 30.0 Å². The van der Waals surface area contributed by atoms with E-state index in [4.69, 9.17) is 9.47 Å². The molecule has 1 amide bonds. The quantitative estimate of drug-likeness (QED) is 0.854. The SMILES string of the molecule is Cc1cc2cc(OCCN3CCN(C(=O)OC(C)(C)C)CC3)ccc2[nH]1.Cl. The summed E-state index contributed by atoms with van der Waals surface area (Å²) in [6, 6.07) is 8.24. The molecule has 1 aliphatic rings. The van der Waals surface area contributed by atoms with Gasteiger partial charge in [-0.1, -0.05) is 0 Å². The molecule has 0 spiro atoms. The molecule has 1 aliphatic heterocycles. The number of rotatable bonds is 4. The van der Waals surface area contributed by atoms with Gasteiger partial charge in [0.15, 0.2) is 0 Å². The Bertz CT molecular complexity index is 761. The molecule has 1 aromatic heterocycles. The maximum absolute atomic E-state index is 12.1. The number of aromatic amines is 1. The van der Waals surface area contributed by atoms with Gasteiger partial charge in [0.2, 0.25) is 0 Å². The molecule has 1 N–H and O–H groups in total. The predicted molar refractivity (Wildman–Crippen MR) is 110 cm³/mol. The molecule has 0 radical (unpaired) electrons. The molecule has 1 saturated heterocycles. The summed E-state index contributed by atoms with van der Waals surface area (Å²) >= 11 is 0. The van der Waals surface area contributed by atoms with Crippen LogP contribution in [-0.4, -0.2) is 65.8 Å². The van der Waals surface area contributed by atoms with E-state index in [-0.39, 0.29) is 18.5 Å². The smallest absolute Gasteiger partial charge is 0.410 e. The number of benzene rings is 1. The minimum absolute atomic E-state index is 0. The molecule has 3 rings (SSSR count). The third kappa shape index (κ3) is 6.04. The molecule has 1 aromatic carbocycles. The molecular weight excluding hydrogens is 366 g/mol. The Morgan fingerprint density at radius 1 is 1.15 bits per heavy atom. The number of nitrogens with zero attached hydrogens (tertiary/aromatic N) is 2. The number of ether oxygens (including phenoxy) is 2. The molecule has 2 heterocycles. The van der Waals surface area contributed by atoms with Gasteiger partial charge in [-0.15, -0.1) is 12.4 Å². The van der Waals surface area contributed by atoms with Crippen molar-refractivity contribution in [2.45, 2.75) is 33.3 Å². The topological polar surface area (TPSA) is 57.8 Å². The van der Waals surface area contributed by atoms with E-state index in [0.29, 0.717) is 19.7 Å². The van der Waals surface area contributed by atoms with E-state index in [9.17, 15) is 4.79 Å². The first-order chi connectivity index (χ1) is 12.3. The van der Waals surface area contributed by atoms with Gasteiger partial charge in [-0.25, -0.2) is 4.79 Å². The maximum Gasteiger partial charge on any atom is 0.410 e. The Labute approximate surface area is 167 Å². The molecule has 0 saturated carbocycles. The second kappa shape index (κ2) is 8.85. The fourth-order valence-corrected chi connectivity index (χ4v) is 3.12. The van der Waals surface area contributed by atoms with Crippen LogP contribution in [0.4, 0.5) is 4.79 Å². The van der Waals surface area contributed by atoms with Gasteiger partial charge >= 0.3 is 6.09 Å². The van der Waals surface area contributed by atoms with Crippen molar-refractivity contribution in [2.75, 3.05) is 39.3 Å². The molecular formula is C20H30ClN3O3. The zero-order valence-corrected chi connectivity index (χ0v) is 17.4. The minimum atomic E-state index is -0.443. The van der Waals surface area contributed by atoms with Gasteiger partial charge in [0.25, 0.3) is 0 Å². The van der Waals surface area contributed by atoms with Crippen molar-refractivity contribution in [3.8, 4) is 5.75 Å². The van der Waals surface area contributed by atoms with E-state index in [1.807, 2.05) is 26.8 Å². The van der Waals surface area contributed by atoms with Crippen molar-refractivity contribution < 1.29 is 14.3 Å². The summed E-state index contributed by atoms with van der Waals surface area (Å²) in [6.07, 6.45) is -0.219. The van der Waals surface area contributed by atoms with Crippen molar-refractivity contribution >= 4 is 29.4 Å². The predicted octanol–water partition coefficient (Wildman–Crippen LogP) is 3.83. The van der Waals surface area contributed by atoms with Crippen molar-refractivity contribution in [3.63, 3.8) is 0 Å². The molecule has 2 aromatic rings. The highest BCUT2D eigenvalue weighted by Gasteiger charge is 2.25. The Morgan fingerprint density at radius 2 is 1.85 bits per heavy atom. The Morgan fingerprint density at radius 3 is 2.52 bits per heavy atom. The number of carbonyl (C=O) groups excluding carboxylic acids is 1. The van der Waals surface area contributed by atoms with Crippen LogP contribution in [-0.2, 0) is 4.74 Å². The highest BCUT2D eigenvalue weighted by molar-refractivity contribution is 5.85. The summed E-state index contributed by atoms with van der Waals surface area (Å²) in [4.78, 5) is 19.5. The normalized spacial score (nSPS) is 15.5. The third-order valence-corrected chi connectivity index (χ3v) is 4.43. The van der Waals surface area contributed by atoms with Gasteiger partial charge in [0, 0.05) is 49.3 Å². The Balaban J connectivity index is 0.00000261. The number of fused-ring (bicyclic) bond motifs is 1. The number of carbonyl (C=O) groups is 1. The summed E-state index contributed by atoms with van der Waals surface area (Å²) in [5.74, 6) is 0.892. The van der Waals surface area contributed by atoms with Crippen LogP contribution in [0.25, 0.3) is 10.9 Å². The minimum Gasteiger partial charge on any atom is -0.492 e.